The van der Waals surface area contributed by atoms with Crippen LogP contribution >= 0.6 is 23.2 Å². The maximum absolute atomic E-state index is 14.1. The molecule has 228 valence electrons. The van der Waals surface area contributed by atoms with Crippen molar-refractivity contribution in [1.82, 2.24) is 4.90 Å². The fourth-order valence-corrected chi connectivity index (χ4v) is 6.07. The second kappa shape index (κ2) is 13.2. The second-order valence-corrected chi connectivity index (χ2v) is 12.7. The van der Waals surface area contributed by atoms with Crippen molar-refractivity contribution in [2.45, 2.75) is 40.0 Å². The SMILES string of the molecule is CCOC(=O)c1ccc(N2CCN(CC3=C(c4ccc(Cl)cc4)CC(C)(C)CC3)CC2)cc1Oc1cc(F)cc(F)c1Cl. The van der Waals surface area contributed by atoms with Crippen LogP contribution in [0.1, 0.15) is 56.0 Å². The molecule has 0 bridgehead atoms. The van der Waals surface area contributed by atoms with Gasteiger partial charge in [-0.15, -0.1) is 0 Å². The standard InChI is InChI=1S/C34H36Cl2F2N2O3/c1-4-42-33(41)27-10-9-26(19-30(27)43-31-18-25(37)17-29(38)32(31)36)40-15-13-39(14-16-40)21-23-11-12-34(2,3)20-28(23)22-5-7-24(35)8-6-22/h5-10,17-19H,4,11-16,20-21H2,1-3H3. The third-order valence-corrected chi connectivity index (χ3v) is 8.79. The predicted octanol–water partition coefficient (Wildman–Crippen LogP) is 9.03. The van der Waals surface area contributed by atoms with Crippen LogP contribution in [0.4, 0.5) is 14.5 Å². The molecule has 0 saturated carbocycles. The summed E-state index contributed by atoms with van der Waals surface area (Å²) in [6, 6.07) is 15.0. The van der Waals surface area contributed by atoms with E-state index < -0.39 is 17.6 Å². The van der Waals surface area contributed by atoms with E-state index in [0.29, 0.717) is 6.07 Å². The Kier molecular flexibility index (Phi) is 9.64. The molecular formula is C34H36Cl2F2N2O3. The van der Waals surface area contributed by atoms with E-state index in [1.165, 1.54) is 16.7 Å². The number of ether oxygens (including phenoxy) is 2. The average Bonchev–Trinajstić information content (AvgIpc) is 2.97. The molecule has 1 aliphatic heterocycles. The molecule has 0 atom stereocenters. The summed E-state index contributed by atoms with van der Waals surface area (Å²) in [5.74, 6) is -2.47. The molecule has 0 radical (unpaired) electrons. The zero-order valence-corrected chi connectivity index (χ0v) is 26.2. The van der Waals surface area contributed by atoms with Gasteiger partial charge in [-0.2, -0.15) is 0 Å². The lowest BCUT2D eigenvalue weighted by Crippen LogP contribution is -2.47. The van der Waals surface area contributed by atoms with Crippen LogP contribution in [-0.2, 0) is 4.74 Å². The van der Waals surface area contributed by atoms with Gasteiger partial charge in [-0.05, 0) is 67.0 Å². The molecule has 0 N–H and O–H groups in total. The Morgan fingerprint density at radius 3 is 2.37 bits per heavy atom. The highest BCUT2D eigenvalue weighted by molar-refractivity contribution is 6.32. The van der Waals surface area contributed by atoms with Gasteiger partial charge in [0.15, 0.2) is 5.75 Å². The van der Waals surface area contributed by atoms with Crippen molar-refractivity contribution < 1.29 is 23.0 Å². The zero-order chi connectivity index (χ0) is 30.7. The summed E-state index contributed by atoms with van der Waals surface area (Å²) in [5, 5.41) is 0.376. The van der Waals surface area contributed by atoms with E-state index in [4.69, 9.17) is 32.7 Å². The van der Waals surface area contributed by atoms with Crippen LogP contribution in [0.2, 0.25) is 10.0 Å². The number of hydrogen-bond acceptors (Lipinski definition) is 5. The van der Waals surface area contributed by atoms with Gasteiger partial charge in [-0.1, -0.05) is 54.8 Å². The van der Waals surface area contributed by atoms with Crippen LogP contribution in [0.15, 0.2) is 60.2 Å². The van der Waals surface area contributed by atoms with Gasteiger partial charge >= 0.3 is 5.97 Å². The lowest BCUT2D eigenvalue weighted by atomic mass is 9.72. The molecule has 0 spiro atoms. The number of anilines is 1. The van der Waals surface area contributed by atoms with Crippen LogP contribution in [0.25, 0.3) is 5.57 Å². The first-order valence-electron chi connectivity index (χ1n) is 14.6. The highest BCUT2D eigenvalue weighted by Gasteiger charge is 2.29. The van der Waals surface area contributed by atoms with Crippen molar-refractivity contribution in [2.24, 2.45) is 5.41 Å². The maximum atomic E-state index is 14.1. The van der Waals surface area contributed by atoms with E-state index in [-0.39, 0.29) is 34.1 Å². The second-order valence-electron chi connectivity index (χ2n) is 11.9. The lowest BCUT2D eigenvalue weighted by molar-refractivity contribution is 0.0523. The van der Waals surface area contributed by atoms with Gasteiger partial charge < -0.3 is 14.4 Å². The van der Waals surface area contributed by atoms with Gasteiger partial charge in [0.2, 0.25) is 0 Å². The molecule has 1 heterocycles. The van der Waals surface area contributed by atoms with E-state index in [1.54, 1.807) is 19.1 Å². The van der Waals surface area contributed by atoms with Crippen molar-refractivity contribution in [3.8, 4) is 11.5 Å². The molecule has 0 aromatic heterocycles. The fourth-order valence-electron chi connectivity index (χ4n) is 5.79. The van der Waals surface area contributed by atoms with Crippen LogP contribution in [0.5, 0.6) is 11.5 Å². The molecule has 3 aromatic carbocycles. The summed E-state index contributed by atoms with van der Waals surface area (Å²) in [4.78, 5) is 17.4. The Morgan fingerprint density at radius 2 is 1.67 bits per heavy atom. The largest absolute Gasteiger partial charge is 0.462 e. The normalized spacial score (nSPS) is 17.2. The summed E-state index contributed by atoms with van der Waals surface area (Å²) in [5.41, 5.74) is 5.40. The molecule has 1 fully saturated rings. The Morgan fingerprint density at radius 1 is 0.953 bits per heavy atom. The van der Waals surface area contributed by atoms with Crippen LogP contribution in [-0.4, -0.2) is 50.2 Å². The van der Waals surface area contributed by atoms with Crippen molar-refractivity contribution in [2.75, 3.05) is 44.2 Å². The fraction of sp³-hybridized carbons (Fsp3) is 0.382. The number of benzene rings is 3. The van der Waals surface area contributed by atoms with Crippen molar-refractivity contribution in [1.29, 1.82) is 0 Å². The number of halogens is 4. The lowest BCUT2D eigenvalue weighted by Gasteiger charge is -2.39. The van der Waals surface area contributed by atoms with Gasteiger partial charge in [0.1, 0.15) is 28.0 Å². The molecule has 0 amide bonds. The van der Waals surface area contributed by atoms with Crippen LogP contribution in [0, 0.1) is 17.0 Å². The molecule has 2 aliphatic rings. The maximum Gasteiger partial charge on any atom is 0.341 e. The third-order valence-electron chi connectivity index (χ3n) is 8.17. The number of nitrogens with zero attached hydrogens (tertiary/aromatic N) is 2. The predicted molar refractivity (Wildman–Crippen MR) is 168 cm³/mol. The highest BCUT2D eigenvalue weighted by atomic mass is 35.5. The first kappa shape index (κ1) is 31.3. The number of carbonyl (C=O) groups excluding carboxylic acids is 1. The monoisotopic (exact) mass is 628 g/mol. The summed E-state index contributed by atoms with van der Waals surface area (Å²) >= 11 is 12.2. The van der Waals surface area contributed by atoms with Gasteiger partial charge in [0.25, 0.3) is 0 Å². The van der Waals surface area contributed by atoms with Gasteiger partial charge in [-0.25, -0.2) is 13.6 Å². The molecule has 5 nitrogen and oxygen atoms in total. The highest BCUT2D eigenvalue weighted by Crippen LogP contribution is 2.43. The molecule has 43 heavy (non-hydrogen) atoms. The van der Waals surface area contributed by atoms with E-state index in [0.717, 1.165) is 68.8 Å². The first-order valence-corrected chi connectivity index (χ1v) is 15.4. The van der Waals surface area contributed by atoms with E-state index in [1.807, 2.05) is 18.2 Å². The Labute approximate surface area is 262 Å². The van der Waals surface area contributed by atoms with Gasteiger partial charge in [0.05, 0.1) is 6.61 Å². The molecule has 0 unspecified atom stereocenters. The van der Waals surface area contributed by atoms with Gasteiger partial charge in [-0.3, -0.25) is 4.90 Å². The van der Waals surface area contributed by atoms with Gasteiger partial charge in [0, 0.05) is 61.6 Å². The molecule has 1 aliphatic carbocycles. The van der Waals surface area contributed by atoms with Crippen LogP contribution < -0.4 is 9.64 Å². The summed E-state index contributed by atoms with van der Waals surface area (Å²) in [7, 11) is 0. The minimum atomic E-state index is -0.947. The minimum Gasteiger partial charge on any atom is -0.462 e. The van der Waals surface area contributed by atoms with E-state index >= 15 is 0 Å². The molecule has 3 aromatic rings. The molecule has 1 saturated heterocycles. The summed E-state index contributed by atoms with van der Waals surface area (Å²) in [6.07, 6.45) is 3.28. The van der Waals surface area contributed by atoms with Crippen LogP contribution in [0.3, 0.4) is 0 Å². The van der Waals surface area contributed by atoms with Crippen molar-refractivity contribution in [3.63, 3.8) is 0 Å². The number of hydrogen-bond donors (Lipinski definition) is 0. The number of allylic oxidation sites excluding steroid dienone is 1. The number of rotatable bonds is 8. The Balaban J connectivity index is 1.33. The Hall–Kier alpha value is -3.13. The molecular weight excluding hydrogens is 593 g/mol. The zero-order valence-electron chi connectivity index (χ0n) is 24.7. The number of esters is 1. The Bertz CT molecular complexity index is 1520. The average molecular weight is 630 g/mol. The summed E-state index contributed by atoms with van der Waals surface area (Å²) in [6.45, 7) is 10.7. The third kappa shape index (κ3) is 7.51. The first-order chi connectivity index (χ1) is 20.5. The van der Waals surface area contributed by atoms with Crippen molar-refractivity contribution >= 4 is 40.4 Å². The molecule has 9 heteroatoms. The molecule has 5 rings (SSSR count). The van der Waals surface area contributed by atoms with Crippen molar-refractivity contribution in [3.05, 3.63) is 93.0 Å². The smallest absolute Gasteiger partial charge is 0.341 e. The minimum absolute atomic E-state index is 0.118. The number of piperazine rings is 1. The van der Waals surface area contributed by atoms with E-state index in [9.17, 15) is 13.6 Å². The quantitative estimate of drug-likeness (QED) is 0.184. The topological polar surface area (TPSA) is 42.0 Å². The van der Waals surface area contributed by atoms with E-state index in [2.05, 4.69) is 35.8 Å². The summed E-state index contributed by atoms with van der Waals surface area (Å²) < 4.78 is 39.1. The number of carbonyl (C=O) groups is 1.